The zero-order chi connectivity index (χ0) is 15.2. The molecular formula is C18H21N3. The molecule has 2 aromatic carbocycles. The minimum Gasteiger partial charge on any atom is -0.378 e. The molecular weight excluding hydrogens is 258 g/mol. The van der Waals surface area contributed by atoms with Gasteiger partial charge < -0.3 is 15.1 Å². The third-order valence-corrected chi connectivity index (χ3v) is 3.23. The summed E-state index contributed by atoms with van der Waals surface area (Å²) < 4.78 is 0. The lowest BCUT2D eigenvalue weighted by Gasteiger charge is -2.16. The Balaban J connectivity index is 2.09. The van der Waals surface area contributed by atoms with Gasteiger partial charge in [0.2, 0.25) is 0 Å². The van der Waals surface area contributed by atoms with E-state index in [9.17, 15) is 0 Å². The van der Waals surface area contributed by atoms with Crippen molar-refractivity contribution in [3.63, 3.8) is 0 Å². The highest BCUT2D eigenvalue weighted by Crippen LogP contribution is 2.23. The van der Waals surface area contributed by atoms with E-state index in [0.717, 1.165) is 17.1 Å². The molecule has 21 heavy (non-hydrogen) atoms. The van der Waals surface area contributed by atoms with Crippen molar-refractivity contribution in [3.8, 4) is 0 Å². The van der Waals surface area contributed by atoms with Gasteiger partial charge in [-0.15, -0.1) is 0 Å². The smallest absolute Gasteiger partial charge is 0.0450 e. The Hall–Kier alpha value is -2.68. The van der Waals surface area contributed by atoms with Crippen molar-refractivity contribution in [2.75, 3.05) is 29.2 Å². The van der Waals surface area contributed by atoms with Crippen molar-refractivity contribution >= 4 is 22.7 Å². The largest absolute Gasteiger partial charge is 0.378 e. The first-order valence-electron chi connectivity index (χ1n) is 6.82. The summed E-state index contributed by atoms with van der Waals surface area (Å²) in [5, 5.41) is 3.38. The second-order valence-electron chi connectivity index (χ2n) is 4.89. The maximum Gasteiger partial charge on any atom is 0.0450 e. The number of nitrogens with zero attached hydrogens (tertiary/aromatic N) is 2. The first kappa shape index (κ1) is 14.7. The summed E-state index contributed by atoms with van der Waals surface area (Å²) in [6.07, 6.45) is 3.46. The Labute approximate surface area is 126 Å². The van der Waals surface area contributed by atoms with Crippen molar-refractivity contribution in [1.82, 2.24) is 0 Å². The maximum absolute atomic E-state index is 3.76. The number of hydrogen-bond acceptors (Lipinski definition) is 3. The van der Waals surface area contributed by atoms with Gasteiger partial charge in [0.25, 0.3) is 0 Å². The molecule has 1 N–H and O–H groups in total. The summed E-state index contributed by atoms with van der Waals surface area (Å²) >= 11 is 0. The number of hydrogen-bond donors (Lipinski definition) is 1. The summed E-state index contributed by atoms with van der Waals surface area (Å²) in [6.45, 7) is 7.51. The molecule has 0 aromatic heterocycles. The fraction of sp³-hybridized carbons (Fsp3) is 0.111. The first-order valence-corrected chi connectivity index (χ1v) is 6.82. The molecule has 2 rings (SSSR count). The van der Waals surface area contributed by atoms with Gasteiger partial charge in [-0.2, -0.15) is 0 Å². The molecule has 0 bridgehead atoms. The van der Waals surface area contributed by atoms with Crippen molar-refractivity contribution in [3.05, 3.63) is 74.1 Å². The molecule has 0 saturated heterocycles. The predicted octanol–water partition coefficient (Wildman–Crippen LogP) is 4.59. The summed E-state index contributed by atoms with van der Waals surface area (Å²) in [4.78, 5) is 3.95. The van der Waals surface area contributed by atoms with E-state index in [1.165, 1.54) is 5.69 Å². The van der Waals surface area contributed by atoms with E-state index in [0.29, 0.717) is 0 Å². The lowest BCUT2D eigenvalue weighted by Crippen LogP contribution is -2.08. The molecule has 0 radical (unpaired) electrons. The van der Waals surface area contributed by atoms with E-state index in [2.05, 4.69) is 47.6 Å². The van der Waals surface area contributed by atoms with Crippen molar-refractivity contribution in [2.24, 2.45) is 0 Å². The van der Waals surface area contributed by atoms with E-state index in [1.54, 1.807) is 12.4 Å². The number of anilines is 4. The average molecular weight is 279 g/mol. The van der Waals surface area contributed by atoms with Crippen LogP contribution in [-0.4, -0.2) is 14.1 Å². The lowest BCUT2D eigenvalue weighted by molar-refractivity contribution is 1.13. The number of nitrogens with one attached hydrogen (secondary N) is 1. The molecule has 0 fully saturated rings. The molecule has 0 unspecified atom stereocenters. The Kier molecular flexibility index (Phi) is 4.67. The zero-order valence-corrected chi connectivity index (χ0v) is 12.6. The normalized spacial score (nSPS) is 9.81. The van der Waals surface area contributed by atoms with Crippen LogP contribution in [0.15, 0.2) is 74.1 Å². The van der Waals surface area contributed by atoms with Gasteiger partial charge in [-0.1, -0.05) is 13.2 Å². The quantitative estimate of drug-likeness (QED) is 0.834. The molecule has 0 saturated carbocycles. The molecule has 3 heteroatoms. The average Bonchev–Trinajstić information content (AvgIpc) is 2.51. The molecule has 3 nitrogen and oxygen atoms in total. The van der Waals surface area contributed by atoms with Gasteiger partial charge in [-0.25, -0.2) is 0 Å². The highest BCUT2D eigenvalue weighted by atomic mass is 15.1. The van der Waals surface area contributed by atoms with Gasteiger partial charge in [0.1, 0.15) is 0 Å². The standard InChI is InChI=1S/C18H21N3/c1-5-21(6-2)18-13-9-16(10-14-18)19-15-7-11-17(12-8-15)20(3)4/h5-14,19H,1-2H2,3-4H3. The van der Waals surface area contributed by atoms with Gasteiger partial charge in [-0.05, 0) is 48.5 Å². The van der Waals surface area contributed by atoms with Crippen LogP contribution in [0.5, 0.6) is 0 Å². The van der Waals surface area contributed by atoms with Gasteiger partial charge in [0.15, 0.2) is 0 Å². The van der Waals surface area contributed by atoms with Gasteiger partial charge >= 0.3 is 0 Å². The Morgan fingerprint density at radius 2 is 1.19 bits per heavy atom. The molecule has 0 aliphatic heterocycles. The minimum absolute atomic E-state index is 1.04. The molecule has 0 heterocycles. The molecule has 0 spiro atoms. The maximum atomic E-state index is 3.76. The minimum atomic E-state index is 1.04. The van der Waals surface area contributed by atoms with Gasteiger partial charge in [0.05, 0.1) is 0 Å². The first-order chi connectivity index (χ1) is 10.1. The number of rotatable bonds is 6. The van der Waals surface area contributed by atoms with Crippen LogP contribution in [0.4, 0.5) is 22.7 Å². The second-order valence-corrected chi connectivity index (χ2v) is 4.89. The van der Waals surface area contributed by atoms with E-state index < -0.39 is 0 Å². The van der Waals surface area contributed by atoms with E-state index in [1.807, 2.05) is 43.3 Å². The van der Waals surface area contributed by atoms with Crippen molar-refractivity contribution < 1.29 is 0 Å². The van der Waals surface area contributed by atoms with Crippen LogP contribution in [0.25, 0.3) is 0 Å². The Bertz CT molecular complexity index is 589. The second kappa shape index (κ2) is 6.66. The zero-order valence-electron chi connectivity index (χ0n) is 12.6. The van der Waals surface area contributed by atoms with Crippen LogP contribution < -0.4 is 15.1 Å². The molecule has 108 valence electrons. The molecule has 2 aromatic rings. The predicted molar refractivity (Wildman–Crippen MR) is 93.4 cm³/mol. The van der Waals surface area contributed by atoms with E-state index in [4.69, 9.17) is 0 Å². The van der Waals surface area contributed by atoms with Crippen LogP contribution in [-0.2, 0) is 0 Å². The summed E-state index contributed by atoms with van der Waals surface area (Å²) in [5.41, 5.74) is 4.33. The van der Waals surface area contributed by atoms with Gasteiger partial charge in [-0.3, -0.25) is 0 Å². The highest BCUT2D eigenvalue weighted by Gasteiger charge is 2.00. The monoisotopic (exact) mass is 279 g/mol. The van der Waals surface area contributed by atoms with Crippen LogP contribution in [0.2, 0.25) is 0 Å². The highest BCUT2D eigenvalue weighted by molar-refractivity contribution is 5.65. The molecule has 0 amide bonds. The lowest BCUT2D eigenvalue weighted by atomic mass is 10.2. The number of benzene rings is 2. The summed E-state index contributed by atoms with van der Waals surface area (Å²) in [5.74, 6) is 0. The third kappa shape index (κ3) is 3.66. The van der Waals surface area contributed by atoms with Crippen LogP contribution >= 0.6 is 0 Å². The summed E-state index contributed by atoms with van der Waals surface area (Å²) in [6, 6.07) is 16.5. The molecule has 0 aliphatic rings. The SMILES string of the molecule is C=CN(C=C)c1ccc(Nc2ccc(N(C)C)cc2)cc1. The Morgan fingerprint density at radius 3 is 1.57 bits per heavy atom. The summed E-state index contributed by atoms with van der Waals surface area (Å²) in [7, 11) is 4.07. The van der Waals surface area contributed by atoms with Crippen LogP contribution in [0.3, 0.4) is 0 Å². The molecule has 0 aliphatic carbocycles. The molecule has 0 atom stereocenters. The van der Waals surface area contributed by atoms with Crippen molar-refractivity contribution in [2.45, 2.75) is 0 Å². The fourth-order valence-corrected chi connectivity index (χ4v) is 2.01. The fourth-order valence-electron chi connectivity index (χ4n) is 2.01. The topological polar surface area (TPSA) is 18.5 Å². The van der Waals surface area contributed by atoms with E-state index in [-0.39, 0.29) is 0 Å². The van der Waals surface area contributed by atoms with Crippen molar-refractivity contribution in [1.29, 1.82) is 0 Å². The van der Waals surface area contributed by atoms with Crippen LogP contribution in [0, 0.1) is 0 Å². The third-order valence-electron chi connectivity index (χ3n) is 3.23. The van der Waals surface area contributed by atoms with Gasteiger partial charge in [0, 0.05) is 49.2 Å². The van der Waals surface area contributed by atoms with Crippen LogP contribution in [0.1, 0.15) is 0 Å². The van der Waals surface area contributed by atoms with E-state index >= 15 is 0 Å². The Morgan fingerprint density at radius 1 is 0.762 bits per heavy atom.